The van der Waals surface area contributed by atoms with E-state index in [4.69, 9.17) is 30.5 Å². The molecule has 0 bridgehead atoms. The largest absolute Gasteiger partial charge is 0.491 e. The van der Waals surface area contributed by atoms with Gasteiger partial charge in [-0.3, -0.25) is 9.59 Å². The molecule has 0 radical (unpaired) electrons. The minimum Gasteiger partial charge on any atom is -0.491 e. The van der Waals surface area contributed by atoms with E-state index < -0.39 is 45.0 Å². The van der Waals surface area contributed by atoms with Crippen molar-refractivity contribution in [2.24, 2.45) is 7.05 Å². The van der Waals surface area contributed by atoms with Crippen LogP contribution in [-0.2, 0) is 31.1 Å². The molecule has 4 rings (SSSR count). The predicted molar refractivity (Wildman–Crippen MR) is 198 cm³/mol. The van der Waals surface area contributed by atoms with Crippen LogP contribution in [0.3, 0.4) is 0 Å². The van der Waals surface area contributed by atoms with E-state index in [1.165, 1.54) is 42.9 Å². The van der Waals surface area contributed by atoms with Gasteiger partial charge in [-0.1, -0.05) is 39.7 Å². The Hall–Kier alpha value is -3.66. The summed E-state index contributed by atoms with van der Waals surface area (Å²) < 4.78 is 78.6. The Kier molecular flexibility index (Phi) is 15.4. The summed E-state index contributed by atoms with van der Waals surface area (Å²) in [5, 5.41) is 3.81. The summed E-state index contributed by atoms with van der Waals surface area (Å²) in [6.45, 7) is 4.31. The number of aryl methyl sites for hydroxylation is 1. The molecule has 15 heteroatoms. The van der Waals surface area contributed by atoms with Crippen molar-refractivity contribution < 1.29 is 45.7 Å². The number of rotatable bonds is 20. The number of amides is 1. The lowest BCUT2D eigenvalue weighted by Crippen LogP contribution is -2.33. The van der Waals surface area contributed by atoms with Gasteiger partial charge < -0.3 is 28.8 Å². The van der Waals surface area contributed by atoms with Gasteiger partial charge in [-0.05, 0) is 66.6 Å². The quantitative estimate of drug-likeness (QED) is 0.0609. The van der Waals surface area contributed by atoms with E-state index in [2.05, 4.69) is 21.2 Å². The van der Waals surface area contributed by atoms with Gasteiger partial charge in [-0.25, -0.2) is 17.2 Å². The van der Waals surface area contributed by atoms with Gasteiger partial charge in [0.05, 0.1) is 62.7 Å². The zero-order valence-corrected chi connectivity index (χ0v) is 32.1. The number of benzene rings is 3. The molecule has 1 amide bonds. The fourth-order valence-electron chi connectivity index (χ4n) is 5.42. The molecule has 280 valence electrons. The molecule has 1 aromatic heterocycles. The summed E-state index contributed by atoms with van der Waals surface area (Å²) in [5.41, 5.74) is -0.168. The van der Waals surface area contributed by atoms with E-state index in [-0.39, 0.29) is 40.1 Å². The van der Waals surface area contributed by atoms with Crippen molar-refractivity contribution in [1.82, 2.24) is 9.88 Å². The van der Waals surface area contributed by atoms with Crippen LogP contribution in [-0.4, -0.2) is 88.3 Å². The third-order valence-corrected chi connectivity index (χ3v) is 9.34. The SMILES string of the molecule is Cc1c(F)ccc(F)c1-c1c(C(=O)N[C@@H](CS(C)(=O)=O)c2cccc(Cl)c2)cn(C)c1C(=O)c1ccc(OCCOCCOCCOCCBr)cc1. The number of halogens is 4. The fourth-order valence-corrected chi connectivity index (χ4v) is 6.73. The highest BCUT2D eigenvalue weighted by Gasteiger charge is 2.31. The van der Waals surface area contributed by atoms with Crippen molar-refractivity contribution in [3.05, 3.63) is 111 Å². The van der Waals surface area contributed by atoms with E-state index >= 15 is 4.39 Å². The first-order chi connectivity index (χ1) is 24.8. The average Bonchev–Trinajstić information content (AvgIpc) is 3.44. The fraction of sp³-hybridized carbons (Fsp3) is 0.351. The summed E-state index contributed by atoms with van der Waals surface area (Å²) in [6, 6.07) is 13.4. The maximum absolute atomic E-state index is 15.6. The number of carbonyl (C=O) groups excluding carboxylic acids is 2. The zero-order valence-electron chi connectivity index (χ0n) is 28.9. The van der Waals surface area contributed by atoms with Gasteiger partial charge in [-0.15, -0.1) is 0 Å². The van der Waals surface area contributed by atoms with Gasteiger partial charge in [0.25, 0.3) is 5.91 Å². The number of ketones is 1. The predicted octanol–water partition coefficient (Wildman–Crippen LogP) is 6.50. The van der Waals surface area contributed by atoms with E-state index in [1.807, 2.05) is 0 Å². The topological polar surface area (TPSA) is 122 Å². The molecule has 0 unspecified atom stereocenters. The van der Waals surface area contributed by atoms with Crippen LogP contribution in [0.5, 0.6) is 5.75 Å². The number of aromatic nitrogens is 1. The van der Waals surface area contributed by atoms with Gasteiger partial charge >= 0.3 is 0 Å². The highest BCUT2D eigenvalue weighted by molar-refractivity contribution is 9.09. The second-order valence-corrected chi connectivity index (χ2v) is 15.2. The van der Waals surface area contributed by atoms with Crippen molar-refractivity contribution in [3.63, 3.8) is 0 Å². The third-order valence-electron chi connectivity index (χ3n) is 7.84. The van der Waals surface area contributed by atoms with Gasteiger partial charge in [0.1, 0.15) is 33.8 Å². The highest BCUT2D eigenvalue weighted by atomic mass is 79.9. The molecule has 0 aliphatic carbocycles. The minimum atomic E-state index is -3.62. The average molecular weight is 826 g/mol. The lowest BCUT2D eigenvalue weighted by atomic mass is 9.92. The van der Waals surface area contributed by atoms with E-state index in [9.17, 15) is 22.4 Å². The Morgan fingerprint density at radius 1 is 0.885 bits per heavy atom. The van der Waals surface area contributed by atoms with Gasteiger partial charge in [0.2, 0.25) is 5.78 Å². The van der Waals surface area contributed by atoms with Crippen LogP contribution in [0.1, 0.15) is 43.6 Å². The molecular formula is C37H40BrClF2N2O8S. The van der Waals surface area contributed by atoms with Crippen molar-refractivity contribution in [3.8, 4) is 16.9 Å². The third kappa shape index (κ3) is 11.4. The van der Waals surface area contributed by atoms with Crippen LogP contribution in [0.4, 0.5) is 8.78 Å². The molecule has 1 N–H and O–H groups in total. The second-order valence-electron chi connectivity index (χ2n) is 11.8. The van der Waals surface area contributed by atoms with Crippen LogP contribution in [0.15, 0.2) is 66.9 Å². The number of alkyl halides is 1. The van der Waals surface area contributed by atoms with Crippen LogP contribution in [0, 0.1) is 18.6 Å². The van der Waals surface area contributed by atoms with Crippen molar-refractivity contribution in [2.45, 2.75) is 13.0 Å². The molecule has 1 heterocycles. The first kappa shape index (κ1) is 41.1. The Bertz CT molecular complexity index is 1960. The monoisotopic (exact) mass is 824 g/mol. The second kappa shape index (κ2) is 19.4. The molecule has 4 aromatic rings. The minimum absolute atomic E-state index is 0.0841. The normalized spacial score (nSPS) is 12.1. The van der Waals surface area contributed by atoms with Gasteiger partial charge in [0, 0.05) is 46.5 Å². The maximum Gasteiger partial charge on any atom is 0.253 e. The van der Waals surface area contributed by atoms with Gasteiger partial charge in [-0.2, -0.15) is 0 Å². The molecule has 10 nitrogen and oxygen atoms in total. The van der Waals surface area contributed by atoms with Crippen LogP contribution >= 0.6 is 27.5 Å². The van der Waals surface area contributed by atoms with Crippen molar-refractivity contribution in [2.75, 3.05) is 63.6 Å². The number of sulfone groups is 1. The molecule has 0 saturated carbocycles. The number of hydrogen-bond donors (Lipinski definition) is 1. The first-order valence-corrected chi connectivity index (χ1v) is 19.8. The molecule has 0 saturated heterocycles. The standard InChI is InChI=1S/C37H40BrClF2N2O8S/c1-24-30(40)11-12-31(41)33(24)34-29(37(45)42-32(23-52(3,46)47)26-5-4-6-27(39)21-26)22-43(2)35(34)36(44)25-7-9-28(10-8-25)51-20-19-50-18-17-49-16-15-48-14-13-38/h4-12,21-22,32H,13-20,23H2,1-3H3,(H,42,45)/t32-/m0/s1. The van der Waals surface area contributed by atoms with Gasteiger partial charge in [0.15, 0.2) is 0 Å². The molecule has 0 fully saturated rings. The number of carbonyl (C=O) groups is 2. The Labute approximate surface area is 315 Å². The first-order valence-electron chi connectivity index (χ1n) is 16.3. The molecular weight excluding hydrogens is 786 g/mol. The van der Waals surface area contributed by atoms with Crippen molar-refractivity contribution in [1.29, 1.82) is 0 Å². The maximum atomic E-state index is 15.6. The lowest BCUT2D eigenvalue weighted by molar-refractivity contribution is 0.0119. The van der Waals surface area contributed by atoms with Crippen LogP contribution in [0.2, 0.25) is 5.02 Å². The molecule has 0 aliphatic heterocycles. The summed E-state index contributed by atoms with van der Waals surface area (Å²) in [7, 11) is -2.11. The Balaban J connectivity index is 1.56. The number of ether oxygens (including phenoxy) is 4. The number of nitrogens with zero attached hydrogens (tertiary/aromatic N) is 1. The summed E-state index contributed by atoms with van der Waals surface area (Å²) in [4.78, 5) is 28.1. The smallest absolute Gasteiger partial charge is 0.253 e. The lowest BCUT2D eigenvalue weighted by Gasteiger charge is -2.19. The Morgan fingerprint density at radius 2 is 1.50 bits per heavy atom. The van der Waals surface area contributed by atoms with Crippen LogP contribution < -0.4 is 10.1 Å². The summed E-state index contributed by atoms with van der Waals surface area (Å²) in [5.74, 6) is -2.98. The molecule has 0 aliphatic rings. The summed E-state index contributed by atoms with van der Waals surface area (Å²) >= 11 is 9.45. The highest BCUT2D eigenvalue weighted by Crippen LogP contribution is 2.37. The van der Waals surface area contributed by atoms with E-state index in [1.54, 1.807) is 30.3 Å². The molecule has 0 spiro atoms. The summed E-state index contributed by atoms with van der Waals surface area (Å²) in [6.07, 6.45) is 2.36. The molecule has 52 heavy (non-hydrogen) atoms. The number of nitrogens with one attached hydrogen (secondary N) is 1. The van der Waals surface area contributed by atoms with Crippen molar-refractivity contribution >= 4 is 49.1 Å². The zero-order chi connectivity index (χ0) is 37.8. The Morgan fingerprint density at radius 3 is 2.12 bits per heavy atom. The number of hydrogen-bond acceptors (Lipinski definition) is 8. The molecule has 1 atom stereocenters. The molecule has 3 aromatic carbocycles. The van der Waals surface area contributed by atoms with E-state index in [0.717, 1.165) is 23.7 Å². The van der Waals surface area contributed by atoms with E-state index in [0.29, 0.717) is 56.0 Å². The van der Waals surface area contributed by atoms with Crippen LogP contribution in [0.25, 0.3) is 11.1 Å².